The van der Waals surface area contributed by atoms with Crippen molar-refractivity contribution >= 4 is 108 Å². The van der Waals surface area contributed by atoms with E-state index < -0.39 is 12.8 Å². The second-order valence-electron chi connectivity index (χ2n) is 26.3. The van der Waals surface area contributed by atoms with E-state index in [0.29, 0.717) is 68.3 Å². The van der Waals surface area contributed by atoms with Crippen molar-refractivity contribution in [1.29, 1.82) is 0 Å². The number of alkyl halides is 3. The van der Waals surface area contributed by atoms with E-state index in [1.165, 1.54) is 206 Å². The molecule has 5 heterocycles. The Morgan fingerprint density at radius 2 is 0.550 bits per heavy atom. The lowest BCUT2D eigenvalue weighted by Crippen LogP contribution is -2.19. The molecule has 5 aliphatic heterocycles. The summed E-state index contributed by atoms with van der Waals surface area (Å²) in [6.07, 6.45) is 18.0. The summed E-state index contributed by atoms with van der Waals surface area (Å²) in [4.78, 5) is 7.37. The van der Waals surface area contributed by atoms with Gasteiger partial charge in [0.1, 0.15) is 92.9 Å². The number of rotatable bonds is 19. The first-order chi connectivity index (χ1) is 49.1. The Hall–Kier alpha value is -6.00. The van der Waals surface area contributed by atoms with Crippen LogP contribution in [0.25, 0.3) is 53.9 Å². The number of benzene rings is 10. The molecular weight excluding hydrogens is 1350 g/mol. The smallest absolute Gasteiger partial charge is 0.422 e. The fourth-order valence-corrected chi connectivity index (χ4v) is 26.4. The third-order valence-electron chi connectivity index (χ3n) is 19.1. The summed E-state index contributed by atoms with van der Waals surface area (Å²) in [6, 6.07) is 63.1. The van der Waals surface area contributed by atoms with Gasteiger partial charge in [0.2, 0.25) is 0 Å². The van der Waals surface area contributed by atoms with E-state index in [2.05, 4.69) is 141 Å². The summed E-state index contributed by atoms with van der Waals surface area (Å²) in [5.41, 5.74) is 0. The second-order valence-corrected chi connectivity index (χ2v) is 37.5. The predicted octanol–water partition coefficient (Wildman–Crippen LogP) is 22.3. The monoisotopic (exact) mass is 1450 g/mol. The number of phenols is 1. The number of fused-ring (bicyclic) bond motifs is 5. The first kappa shape index (κ1) is 75.2. The predicted molar refractivity (Wildman–Crippen MR) is 428 cm³/mol. The molecule has 530 valence electrons. The molecule has 0 unspecified atom stereocenters. The number of unbranched alkanes of at least 4 members (excludes halogenated alkanes) is 2. The molecule has 0 aliphatic carbocycles. The second kappa shape index (κ2) is 39.0. The number of aromatic hydroxyl groups is 1. The van der Waals surface area contributed by atoms with Crippen LogP contribution < -0.4 is 18.9 Å². The summed E-state index contributed by atoms with van der Waals surface area (Å²) < 4.78 is 64.9. The lowest BCUT2D eigenvalue weighted by atomic mass is 10.1. The van der Waals surface area contributed by atoms with Crippen LogP contribution in [0.3, 0.4) is 0 Å². The van der Waals surface area contributed by atoms with Crippen molar-refractivity contribution in [3.05, 3.63) is 182 Å². The molecule has 0 aromatic heterocycles. The van der Waals surface area contributed by atoms with Crippen molar-refractivity contribution in [3.63, 3.8) is 0 Å². The zero-order valence-electron chi connectivity index (χ0n) is 59.1. The minimum atomic E-state index is -4.31. The van der Waals surface area contributed by atoms with E-state index in [1.54, 1.807) is 23.0 Å². The highest BCUT2D eigenvalue weighted by Crippen LogP contribution is 2.40. The summed E-state index contributed by atoms with van der Waals surface area (Å²) in [5, 5.41) is 22.0. The Morgan fingerprint density at radius 3 is 0.840 bits per heavy atom. The van der Waals surface area contributed by atoms with Gasteiger partial charge in [0.25, 0.3) is 0 Å². The van der Waals surface area contributed by atoms with E-state index >= 15 is 0 Å². The average Bonchev–Trinajstić information content (AvgIpc) is 1.02. The Balaban J connectivity index is 0.000000126. The van der Waals surface area contributed by atoms with E-state index in [-0.39, 0.29) is 10.9 Å². The Labute approximate surface area is 608 Å². The molecule has 15 rings (SSSR count). The molecule has 0 saturated carbocycles. The van der Waals surface area contributed by atoms with Crippen LogP contribution in [0, 0.1) is 0 Å². The van der Waals surface area contributed by atoms with Gasteiger partial charge in [0.15, 0.2) is 31.1 Å². The number of phenolic OH excluding ortho intramolecular Hbond substituents is 1. The molecule has 100 heavy (non-hydrogen) atoms. The average molecular weight is 1450 g/mol. The molecule has 0 amide bonds. The molecule has 5 saturated heterocycles. The molecule has 0 spiro atoms. The van der Waals surface area contributed by atoms with E-state index in [9.17, 15) is 18.3 Å². The largest absolute Gasteiger partial charge is 0.507 e. The standard InChI is InChI=1S/C19H25OS.C18H23O2S.C18H23OS.C16H16F3OS.C15H16OS/c1-2-3-13-20-18-11-12-19(21-14-7-4-8-15-21)17-10-6-5-9-16(17)18;1-19-11-12-20-17-9-10-18(21-13-5-2-6-14-21)16-8-4-3-7-15(16)17;1-2-3-12-19-17-10-11-18(20-13-6-7-14-20)16-9-5-4-8-15(16)17;17-16(18,19)11-20-14-7-8-15(21-9-3-4-10-21)13-6-2-1-5-12(13)14;16-14-8-9-15(17-10-4-1-5-11-17)13-7-3-2-6-12(13)14/h5-6,9-12H,2-4,7-8,13-15H2,1H3;3-4,7-10H,2,5-6,11-14H2,1H3;4-5,8-11H,2-3,6-7,12-14H2,1H3;1-2,5-8H,3-4,9-11H2;2-3,6-9H,1,4-5,10-11H2/q4*+1;/p+1. The van der Waals surface area contributed by atoms with Crippen LogP contribution in [0.2, 0.25) is 0 Å². The highest BCUT2D eigenvalue weighted by molar-refractivity contribution is 7.98. The fourth-order valence-electron chi connectivity index (χ4n) is 13.9. The maximum Gasteiger partial charge on any atom is 0.422 e. The number of ether oxygens (including phenoxy) is 5. The van der Waals surface area contributed by atoms with Crippen molar-refractivity contribution in [2.45, 2.75) is 154 Å². The first-order valence-corrected chi connectivity index (χ1v) is 44.6. The maximum absolute atomic E-state index is 12.3. The van der Waals surface area contributed by atoms with Crippen LogP contribution in [-0.2, 0) is 59.2 Å². The Kier molecular flexibility index (Phi) is 29.3. The van der Waals surface area contributed by atoms with Crippen LogP contribution in [-0.4, -0.2) is 109 Å². The topological polar surface area (TPSA) is 66.4 Å². The van der Waals surface area contributed by atoms with Crippen LogP contribution >= 0.6 is 0 Å². The van der Waals surface area contributed by atoms with Gasteiger partial charge in [0.05, 0.1) is 19.8 Å². The molecule has 0 radical (unpaired) electrons. The van der Waals surface area contributed by atoms with Crippen LogP contribution in [0.4, 0.5) is 13.2 Å². The highest BCUT2D eigenvalue weighted by Gasteiger charge is 2.34. The molecule has 0 bridgehead atoms. The van der Waals surface area contributed by atoms with Gasteiger partial charge in [-0.15, -0.1) is 0 Å². The minimum absolute atomic E-state index is 0.228. The Morgan fingerprint density at radius 1 is 0.300 bits per heavy atom. The third-order valence-corrected chi connectivity index (χ3v) is 31.9. The van der Waals surface area contributed by atoms with Gasteiger partial charge in [-0.05, 0) is 187 Å². The van der Waals surface area contributed by atoms with E-state index in [1.807, 2.05) is 48.5 Å². The van der Waals surface area contributed by atoms with E-state index in [4.69, 9.17) is 23.7 Å². The van der Waals surface area contributed by atoms with Crippen molar-refractivity contribution in [1.82, 2.24) is 0 Å². The van der Waals surface area contributed by atoms with Gasteiger partial charge in [-0.25, -0.2) is 0 Å². The lowest BCUT2D eigenvalue weighted by molar-refractivity contribution is -0.153. The van der Waals surface area contributed by atoms with Crippen LogP contribution in [0.1, 0.15) is 123 Å². The quantitative estimate of drug-likeness (QED) is 0.0643. The highest BCUT2D eigenvalue weighted by atomic mass is 32.2. The van der Waals surface area contributed by atoms with Crippen molar-refractivity contribution in [2.24, 2.45) is 0 Å². The van der Waals surface area contributed by atoms with Gasteiger partial charge < -0.3 is 28.8 Å². The number of methoxy groups -OCH3 is 1. The fraction of sp³-hybridized carbons (Fsp3) is 0.419. The van der Waals surface area contributed by atoms with Crippen molar-refractivity contribution < 1.29 is 42.0 Å². The number of hydrogen-bond donors (Lipinski definition) is 1. The van der Waals surface area contributed by atoms with Gasteiger partial charge in [-0.3, -0.25) is 0 Å². The normalized spacial score (nSPS) is 16.4. The summed E-state index contributed by atoms with van der Waals surface area (Å²) in [5.74, 6) is 17.1. The zero-order chi connectivity index (χ0) is 69.3. The van der Waals surface area contributed by atoms with Crippen molar-refractivity contribution in [3.8, 4) is 28.7 Å². The van der Waals surface area contributed by atoms with E-state index in [0.717, 1.165) is 59.5 Å². The molecule has 5 fully saturated rings. The zero-order valence-corrected chi connectivity index (χ0v) is 63.2. The number of hydrogen-bond acceptors (Lipinski definition) is 6. The van der Waals surface area contributed by atoms with Gasteiger partial charge in [-0.2, -0.15) is 13.2 Å². The van der Waals surface area contributed by atoms with Gasteiger partial charge >= 0.3 is 6.18 Å². The third kappa shape index (κ3) is 20.5. The lowest BCUT2D eigenvalue weighted by Gasteiger charge is -2.16. The molecule has 14 heteroatoms. The SMILES string of the molecule is CCCCOc1ccc([S+]2CCCC2)c2ccccc12.CCCCOc1ccc([S+]2CCCCC2)c2ccccc12.COCCOc1ccc([S+]2CCCCC2)c2ccccc12.FC(F)(F)COc1ccc([S+]2CCCC2)c2ccccc12.Oc1ccc([S+]2CCCCC2)c2ccccc12. The Bertz CT molecular complexity index is 4050. The first-order valence-electron chi connectivity index (χ1n) is 36.8. The minimum Gasteiger partial charge on any atom is -0.507 e. The molecular formula is C86H104F3O6S5+5. The molecule has 6 nitrogen and oxygen atoms in total. The molecule has 10 aromatic carbocycles. The summed E-state index contributed by atoms with van der Waals surface area (Å²) >= 11 is 0. The molecule has 1 N–H and O–H groups in total. The molecule has 0 atom stereocenters. The summed E-state index contributed by atoms with van der Waals surface area (Å²) in [7, 11) is 3.66. The molecule has 5 aliphatic rings. The van der Waals surface area contributed by atoms with Gasteiger partial charge in [0, 0.05) is 115 Å². The maximum atomic E-state index is 12.3. The van der Waals surface area contributed by atoms with Gasteiger partial charge in [-0.1, -0.05) is 118 Å². The number of halogens is 3. The van der Waals surface area contributed by atoms with Crippen LogP contribution in [0.5, 0.6) is 28.7 Å². The molecule has 10 aromatic rings. The summed E-state index contributed by atoms with van der Waals surface area (Å²) in [6.45, 7) is 6.03. The van der Waals surface area contributed by atoms with Crippen LogP contribution in [0.15, 0.2) is 206 Å². The van der Waals surface area contributed by atoms with Crippen molar-refractivity contribution in [2.75, 3.05) is 97.7 Å².